The van der Waals surface area contributed by atoms with E-state index in [4.69, 9.17) is 9.47 Å². The molecule has 0 aliphatic rings. The van der Waals surface area contributed by atoms with Crippen LogP contribution in [0, 0.1) is 5.92 Å². The maximum absolute atomic E-state index is 11.5. The summed E-state index contributed by atoms with van der Waals surface area (Å²) in [6.45, 7) is 11.3. The summed E-state index contributed by atoms with van der Waals surface area (Å²) in [5, 5.41) is 2.44. The lowest BCUT2D eigenvalue weighted by molar-refractivity contribution is -0.146. The van der Waals surface area contributed by atoms with Crippen molar-refractivity contribution in [1.82, 2.24) is 5.32 Å². The first-order chi connectivity index (χ1) is 8.11. The Hall–Kier alpha value is -1.26. The largest absolute Gasteiger partial charge is 0.464 e. The maximum Gasteiger partial charge on any atom is 0.408 e. The van der Waals surface area contributed by atoms with E-state index in [-0.39, 0.29) is 0 Å². The van der Waals surface area contributed by atoms with E-state index in [1.165, 1.54) is 0 Å². The van der Waals surface area contributed by atoms with Crippen LogP contribution in [-0.4, -0.2) is 30.3 Å². The van der Waals surface area contributed by atoms with E-state index in [2.05, 4.69) is 19.2 Å². The van der Waals surface area contributed by atoms with Crippen LogP contribution in [-0.2, 0) is 14.3 Å². The van der Waals surface area contributed by atoms with Crippen LogP contribution in [0.4, 0.5) is 4.79 Å². The van der Waals surface area contributed by atoms with Crippen LogP contribution < -0.4 is 5.32 Å². The lowest BCUT2D eigenvalue weighted by Gasteiger charge is -2.21. The van der Waals surface area contributed by atoms with Gasteiger partial charge in [-0.1, -0.05) is 13.8 Å². The normalized spacial score (nSPS) is 13.1. The van der Waals surface area contributed by atoms with Crippen LogP contribution in [0.1, 0.15) is 48.0 Å². The summed E-state index contributed by atoms with van der Waals surface area (Å²) < 4.78 is 10.1. The second-order valence-electron chi connectivity index (χ2n) is 5.72. The molecule has 0 aromatic rings. The number of hydrogen-bond donors (Lipinski definition) is 1. The van der Waals surface area contributed by atoms with Gasteiger partial charge in [0.25, 0.3) is 0 Å². The number of carbonyl (C=O) groups is 2. The average molecular weight is 259 g/mol. The van der Waals surface area contributed by atoms with Crippen molar-refractivity contribution in [2.24, 2.45) is 5.92 Å². The first-order valence-electron chi connectivity index (χ1n) is 6.28. The van der Waals surface area contributed by atoms with Gasteiger partial charge >= 0.3 is 12.1 Å². The number of alkyl carbamates (subject to hydrolysis) is 1. The summed E-state index contributed by atoms with van der Waals surface area (Å²) in [7, 11) is 0. The van der Waals surface area contributed by atoms with Crippen LogP contribution in [0.3, 0.4) is 0 Å². The molecule has 5 nitrogen and oxygen atoms in total. The molecule has 1 amide bonds. The van der Waals surface area contributed by atoms with Gasteiger partial charge in [-0.15, -0.1) is 0 Å². The number of hydrogen-bond acceptors (Lipinski definition) is 4. The highest BCUT2D eigenvalue weighted by atomic mass is 16.6. The smallest absolute Gasteiger partial charge is 0.408 e. The van der Waals surface area contributed by atoms with Gasteiger partial charge in [0.2, 0.25) is 0 Å². The molecule has 0 saturated heterocycles. The minimum atomic E-state index is -0.702. The highest BCUT2D eigenvalue weighted by Crippen LogP contribution is 2.07. The third kappa shape index (κ3) is 8.84. The van der Waals surface area contributed by atoms with E-state index in [0.29, 0.717) is 12.5 Å². The first-order valence-corrected chi connectivity index (χ1v) is 6.28. The molecule has 0 spiro atoms. The van der Waals surface area contributed by atoms with Crippen molar-refractivity contribution in [3.63, 3.8) is 0 Å². The van der Waals surface area contributed by atoms with Crippen molar-refractivity contribution in [3.8, 4) is 0 Å². The molecular formula is C13H25NO4. The van der Waals surface area contributed by atoms with Gasteiger partial charge in [-0.05, 0) is 40.0 Å². The van der Waals surface area contributed by atoms with Gasteiger partial charge in [-0.3, -0.25) is 0 Å². The van der Waals surface area contributed by atoms with Crippen molar-refractivity contribution >= 4 is 12.1 Å². The summed E-state index contributed by atoms with van der Waals surface area (Å²) in [6.07, 6.45) is 0.195. The lowest BCUT2D eigenvalue weighted by atomic mass is 10.1. The van der Waals surface area contributed by atoms with Crippen molar-refractivity contribution < 1.29 is 19.1 Å². The van der Waals surface area contributed by atoms with Crippen LogP contribution in [0.5, 0.6) is 0 Å². The zero-order chi connectivity index (χ0) is 14.3. The van der Waals surface area contributed by atoms with Crippen molar-refractivity contribution in [1.29, 1.82) is 0 Å². The Kier molecular flexibility index (Phi) is 6.73. The van der Waals surface area contributed by atoms with Gasteiger partial charge in [0, 0.05) is 0 Å². The van der Waals surface area contributed by atoms with E-state index >= 15 is 0 Å². The number of amides is 1. The summed E-state index contributed by atoms with van der Waals surface area (Å²) in [5.74, 6) is 0.0356. The Balaban J connectivity index is 3.97. The zero-order valence-electron chi connectivity index (χ0n) is 12.2. The Labute approximate surface area is 109 Å². The average Bonchev–Trinajstić information content (AvgIpc) is 2.13. The molecule has 0 heterocycles. The second-order valence-corrected chi connectivity index (χ2v) is 5.72. The van der Waals surface area contributed by atoms with Crippen LogP contribution in [0.15, 0.2) is 0 Å². The molecule has 0 aliphatic heterocycles. The third-order valence-electron chi connectivity index (χ3n) is 2.03. The Morgan fingerprint density at radius 1 is 1.17 bits per heavy atom. The van der Waals surface area contributed by atoms with E-state index in [1.54, 1.807) is 27.7 Å². The number of nitrogens with one attached hydrogen (secondary N) is 1. The zero-order valence-corrected chi connectivity index (χ0v) is 12.2. The summed E-state index contributed by atoms with van der Waals surface area (Å²) in [5.41, 5.74) is -0.578. The predicted molar refractivity (Wildman–Crippen MR) is 69.2 cm³/mol. The molecule has 0 aromatic carbocycles. The topological polar surface area (TPSA) is 64.6 Å². The van der Waals surface area contributed by atoms with Crippen LogP contribution >= 0.6 is 0 Å². The number of esters is 1. The number of carbonyl (C=O) groups excluding carboxylic acids is 2. The molecule has 5 heteroatoms. The summed E-state index contributed by atoms with van der Waals surface area (Å²) >= 11 is 0. The molecule has 0 aliphatic carbocycles. The number of rotatable bonds is 5. The third-order valence-corrected chi connectivity index (χ3v) is 2.03. The van der Waals surface area contributed by atoms with Gasteiger partial charge in [-0.25, -0.2) is 9.59 Å². The van der Waals surface area contributed by atoms with Crippen LogP contribution in [0.25, 0.3) is 0 Å². The van der Waals surface area contributed by atoms with Crippen molar-refractivity contribution in [3.05, 3.63) is 0 Å². The predicted octanol–water partition coefficient (Wildman–Crippen LogP) is 2.49. The molecule has 0 saturated carbocycles. The van der Waals surface area contributed by atoms with Gasteiger partial charge in [0.1, 0.15) is 11.6 Å². The minimum absolute atomic E-state index is 0.372. The summed E-state index contributed by atoms with van der Waals surface area (Å²) in [4.78, 5) is 22.9. The first kappa shape index (κ1) is 16.7. The quantitative estimate of drug-likeness (QED) is 0.770. The van der Waals surface area contributed by atoms with Gasteiger partial charge in [0.05, 0.1) is 6.61 Å². The molecule has 0 fully saturated rings. The Morgan fingerprint density at radius 3 is 2.17 bits per heavy atom. The monoisotopic (exact) mass is 259 g/mol. The standard InChI is InChI=1S/C13H25NO4/c1-9(2)7-8-17-11(15)10(3)14-12(16)18-13(4,5)6/h9-10H,7-8H2,1-6H3,(H,14,16). The minimum Gasteiger partial charge on any atom is -0.464 e. The van der Waals surface area contributed by atoms with Gasteiger partial charge in [0.15, 0.2) is 0 Å². The fourth-order valence-corrected chi connectivity index (χ4v) is 1.06. The highest BCUT2D eigenvalue weighted by molar-refractivity contribution is 5.80. The molecule has 18 heavy (non-hydrogen) atoms. The molecular weight excluding hydrogens is 234 g/mol. The molecule has 1 atom stereocenters. The van der Waals surface area contributed by atoms with Crippen LogP contribution in [0.2, 0.25) is 0 Å². The molecule has 106 valence electrons. The number of ether oxygens (including phenoxy) is 2. The summed E-state index contributed by atoms with van der Waals surface area (Å²) in [6, 6.07) is -0.702. The molecule has 0 radical (unpaired) electrons. The fourth-order valence-electron chi connectivity index (χ4n) is 1.06. The maximum atomic E-state index is 11.5. The lowest BCUT2D eigenvalue weighted by Crippen LogP contribution is -2.42. The molecule has 0 rings (SSSR count). The van der Waals surface area contributed by atoms with E-state index in [1.807, 2.05) is 0 Å². The second kappa shape index (κ2) is 7.24. The Morgan fingerprint density at radius 2 is 1.72 bits per heavy atom. The van der Waals surface area contributed by atoms with E-state index < -0.39 is 23.7 Å². The Bertz CT molecular complexity index is 281. The molecule has 0 bridgehead atoms. The van der Waals surface area contributed by atoms with E-state index in [0.717, 1.165) is 6.42 Å². The van der Waals surface area contributed by atoms with Crippen molar-refractivity contribution in [2.45, 2.75) is 59.6 Å². The van der Waals surface area contributed by atoms with Gasteiger partial charge < -0.3 is 14.8 Å². The SMILES string of the molecule is CC(C)CCOC(=O)C(C)NC(=O)OC(C)(C)C. The molecule has 1 N–H and O–H groups in total. The molecule has 1 unspecified atom stereocenters. The van der Waals surface area contributed by atoms with E-state index in [9.17, 15) is 9.59 Å². The highest BCUT2D eigenvalue weighted by Gasteiger charge is 2.21. The van der Waals surface area contributed by atoms with Gasteiger partial charge in [-0.2, -0.15) is 0 Å². The molecule has 0 aromatic heterocycles. The van der Waals surface area contributed by atoms with Crippen molar-refractivity contribution in [2.75, 3.05) is 6.61 Å². The fraction of sp³-hybridized carbons (Fsp3) is 0.846.